The van der Waals surface area contributed by atoms with Gasteiger partial charge in [-0.3, -0.25) is 4.52 Å². The smallest absolute Gasteiger partial charge is 0.469 e. The first-order valence-electron chi connectivity index (χ1n) is 32.6. The van der Waals surface area contributed by atoms with Gasteiger partial charge in [0, 0.05) is 5.56 Å². The van der Waals surface area contributed by atoms with Crippen molar-refractivity contribution in [3.63, 3.8) is 0 Å². The lowest BCUT2D eigenvalue weighted by atomic mass is 9.96. The highest BCUT2D eigenvalue weighted by molar-refractivity contribution is 7.46. The van der Waals surface area contributed by atoms with Crippen molar-refractivity contribution in [2.24, 2.45) is 0 Å². The number of rotatable bonds is 68. The van der Waals surface area contributed by atoms with Crippen molar-refractivity contribution >= 4 is 44.3 Å². The predicted octanol–water partition coefficient (Wildman–Crippen LogP) is 8.00. The first-order valence-corrected chi connectivity index (χ1v) is 34.2. The van der Waals surface area contributed by atoms with Crippen molar-refractivity contribution in [3.8, 4) is 5.75 Å². The quantitative estimate of drug-likeness (QED) is 0.0241. The third-order valence-electron chi connectivity index (χ3n) is 12.7. The van der Waals surface area contributed by atoms with Crippen LogP contribution in [0.1, 0.15) is 33.4 Å². The summed E-state index contributed by atoms with van der Waals surface area (Å²) < 4.78 is 126. The summed E-state index contributed by atoms with van der Waals surface area (Å²) in [5.41, 5.74) is 6.46. The summed E-state index contributed by atoms with van der Waals surface area (Å²) in [6, 6.07) is 35.0. The average Bonchev–Trinajstić information content (AvgIpc) is 1.00. The molecule has 0 heterocycles. The van der Waals surface area contributed by atoms with Crippen LogP contribution in [0.25, 0.3) is 36.5 Å². The Balaban J connectivity index is 0.799. The van der Waals surface area contributed by atoms with Crippen LogP contribution in [0, 0.1) is 0 Å². The largest absolute Gasteiger partial charge is 0.491 e. The van der Waals surface area contributed by atoms with Crippen molar-refractivity contribution in [1.29, 1.82) is 0 Å². The number of hydrogen-bond acceptors (Lipinski definition) is 22. The summed E-state index contributed by atoms with van der Waals surface area (Å²) in [6.45, 7) is 17.0. The molecule has 4 rings (SSSR count). The average molecular weight is 1360 g/mol. The summed E-state index contributed by atoms with van der Waals surface area (Å²) in [6.07, 6.45) is 12.8. The Labute approximate surface area is 562 Å². The van der Waals surface area contributed by atoms with Crippen LogP contribution in [0.3, 0.4) is 0 Å². The highest BCUT2D eigenvalue weighted by Gasteiger charge is 2.13. The van der Waals surface area contributed by atoms with Gasteiger partial charge in [-0.15, -0.1) is 0 Å². The van der Waals surface area contributed by atoms with Crippen molar-refractivity contribution in [2.45, 2.75) is 0 Å². The minimum atomic E-state index is -4.45. The molecule has 0 aliphatic carbocycles. The number of hydrogen-bond donors (Lipinski definition) is 2. The molecule has 0 unspecified atom stereocenters. The van der Waals surface area contributed by atoms with Crippen molar-refractivity contribution in [3.05, 3.63) is 137 Å². The fraction of sp³-hybridized carbons (Fsp3) is 0.571. The van der Waals surface area contributed by atoms with Crippen LogP contribution in [0.2, 0.25) is 0 Å². The van der Waals surface area contributed by atoms with Gasteiger partial charge in [-0.2, -0.15) is 0 Å². The van der Waals surface area contributed by atoms with E-state index >= 15 is 0 Å². The summed E-state index contributed by atoms with van der Waals surface area (Å²) in [4.78, 5) is 17.1. The number of phosphoric acid groups is 1. The van der Waals surface area contributed by atoms with Crippen molar-refractivity contribution in [1.82, 2.24) is 0 Å². The van der Waals surface area contributed by atoms with Gasteiger partial charge in [-0.1, -0.05) is 134 Å². The molecule has 4 aromatic rings. The maximum atomic E-state index is 10.5. The Morgan fingerprint density at radius 1 is 0.232 bits per heavy atom. The normalized spacial score (nSPS) is 12.0. The minimum Gasteiger partial charge on any atom is -0.491 e. The molecule has 0 aromatic heterocycles. The van der Waals surface area contributed by atoms with Crippen LogP contribution in [-0.4, -0.2) is 274 Å². The van der Waals surface area contributed by atoms with Crippen LogP contribution < -0.4 is 4.74 Å². The predicted molar refractivity (Wildman–Crippen MR) is 362 cm³/mol. The summed E-state index contributed by atoms with van der Waals surface area (Å²) in [7, 11) is -4.45. The Hall–Kier alpha value is -4.75. The van der Waals surface area contributed by atoms with Gasteiger partial charge < -0.3 is 105 Å². The monoisotopic (exact) mass is 1360 g/mol. The molecule has 0 amide bonds. The molecule has 0 aliphatic rings. The number of phosphoric ester groups is 1. The van der Waals surface area contributed by atoms with Gasteiger partial charge in [0.1, 0.15) is 12.4 Å². The lowest BCUT2D eigenvalue weighted by Gasteiger charge is -2.15. The van der Waals surface area contributed by atoms with E-state index in [2.05, 4.69) is 83.4 Å². The Bertz CT molecular complexity index is 2470. The van der Waals surface area contributed by atoms with Gasteiger partial charge in [0.15, 0.2) is 0 Å². The molecule has 0 atom stereocenters. The molecular weight excluding hydrogens is 1260 g/mol. The lowest BCUT2D eigenvalue weighted by molar-refractivity contribution is -0.0313. The zero-order chi connectivity index (χ0) is 66.9. The highest BCUT2D eigenvalue weighted by Crippen LogP contribution is 2.35. The van der Waals surface area contributed by atoms with E-state index in [1.54, 1.807) is 0 Å². The van der Waals surface area contributed by atoms with Crippen LogP contribution in [0.15, 0.2) is 103 Å². The fourth-order valence-electron chi connectivity index (χ4n) is 7.99. The molecule has 0 radical (unpaired) electrons. The second-order valence-corrected chi connectivity index (χ2v) is 21.3. The molecule has 534 valence electrons. The van der Waals surface area contributed by atoms with E-state index in [1.165, 1.54) is 0 Å². The van der Waals surface area contributed by atoms with E-state index in [4.69, 9.17) is 105 Å². The molecular formula is C70H105O24P. The lowest BCUT2D eigenvalue weighted by Crippen LogP contribution is -2.16. The number of ether oxygens (including phenoxy) is 20. The Morgan fingerprint density at radius 3 is 0.684 bits per heavy atom. The topological polar surface area (TPSA) is 251 Å². The van der Waals surface area contributed by atoms with E-state index in [0.717, 1.165) is 39.1 Å². The Kier molecular flexibility index (Phi) is 53.6. The van der Waals surface area contributed by atoms with Crippen molar-refractivity contribution < 1.29 is 114 Å². The van der Waals surface area contributed by atoms with Gasteiger partial charge in [0.25, 0.3) is 0 Å². The molecule has 0 bridgehead atoms. The molecule has 0 fully saturated rings. The van der Waals surface area contributed by atoms with Crippen LogP contribution >= 0.6 is 7.82 Å². The second kappa shape index (κ2) is 61.6. The maximum absolute atomic E-state index is 10.5. The zero-order valence-corrected chi connectivity index (χ0v) is 56.3. The van der Waals surface area contributed by atoms with Crippen LogP contribution in [-0.2, 0) is 99.1 Å². The molecule has 4 aromatic carbocycles. The van der Waals surface area contributed by atoms with Crippen LogP contribution in [0.4, 0.5) is 0 Å². The van der Waals surface area contributed by atoms with E-state index in [1.807, 2.05) is 60.7 Å². The third-order valence-corrected chi connectivity index (χ3v) is 13.2. The number of benzene rings is 4. The zero-order valence-electron chi connectivity index (χ0n) is 55.4. The first kappa shape index (κ1) is 82.7. The molecule has 95 heavy (non-hydrogen) atoms. The Morgan fingerprint density at radius 2 is 0.442 bits per heavy atom. The van der Waals surface area contributed by atoms with Gasteiger partial charge in [0.05, 0.1) is 258 Å². The molecule has 0 saturated carbocycles. The van der Waals surface area contributed by atoms with E-state index in [-0.39, 0.29) is 19.8 Å². The summed E-state index contributed by atoms with van der Waals surface area (Å²) in [5, 5.41) is 0. The van der Waals surface area contributed by atoms with Gasteiger partial charge in [-0.25, -0.2) is 4.57 Å². The second-order valence-electron chi connectivity index (χ2n) is 20.0. The van der Waals surface area contributed by atoms with Crippen molar-refractivity contribution in [2.75, 3.05) is 264 Å². The molecule has 2 N–H and O–H groups in total. The minimum absolute atomic E-state index is 0.0684. The van der Waals surface area contributed by atoms with E-state index in [9.17, 15) is 4.57 Å². The molecule has 0 saturated heterocycles. The SMILES string of the molecule is O=P(O)(O)OCCOCCOCCOCCOCCOCCOCCOCCOCCOCCOCCOCCOCCOCCOCCOCCOCCOCCOCCOCCOc1ccc(C=Cc2ccccc2)c(C=Cc2ccccc2)c1C=Cc1ccccc1. The van der Waals surface area contributed by atoms with Gasteiger partial charge >= 0.3 is 7.82 Å². The van der Waals surface area contributed by atoms with Crippen LogP contribution in [0.5, 0.6) is 5.75 Å². The summed E-state index contributed by atoms with van der Waals surface area (Å²) >= 11 is 0. The van der Waals surface area contributed by atoms with E-state index < -0.39 is 7.82 Å². The van der Waals surface area contributed by atoms with Gasteiger partial charge in [0.2, 0.25) is 0 Å². The standard InChI is InChI=1S/C70H105O24P/c71-95(72,73)94-63-61-92-59-57-90-55-53-88-51-49-86-47-45-84-43-41-82-39-37-80-35-33-78-31-29-76-27-25-74-24-26-75-28-30-77-32-34-79-36-38-81-40-42-83-44-46-85-48-50-87-52-54-89-56-58-91-60-62-93-70-23-20-67(19-16-64-10-4-1-5-11-64)68(21-17-65-12-6-2-7-13-65)69(70)22-18-66-14-8-3-9-15-66/h1-23H,24-63H2,(H2,71,72,73). The first-order chi connectivity index (χ1) is 47.0. The molecule has 0 aliphatic heterocycles. The molecule has 24 nitrogen and oxygen atoms in total. The summed E-state index contributed by atoms with van der Waals surface area (Å²) in [5.74, 6) is 0.775. The highest BCUT2D eigenvalue weighted by atomic mass is 31.2. The van der Waals surface area contributed by atoms with E-state index in [0.29, 0.717) is 244 Å². The van der Waals surface area contributed by atoms with Gasteiger partial charge in [-0.05, 0) is 33.9 Å². The third kappa shape index (κ3) is 50.3. The molecule has 25 heteroatoms. The molecule has 0 spiro atoms. The fourth-order valence-corrected chi connectivity index (χ4v) is 8.30. The maximum Gasteiger partial charge on any atom is 0.469 e.